The lowest BCUT2D eigenvalue weighted by molar-refractivity contribution is -0.120. The fourth-order valence-electron chi connectivity index (χ4n) is 2.50. The van der Waals surface area contributed by atoms with E-state index in [0.717, 1.165) is 12.8 Å². The van der Waals surface area contributed by atoms with E-state index in [0.29, 0.717) is 5.92 Å². The summed E-state index contributed by atoms with van der Waals surface area (Å²) in [5, 5.41) is 3.01. The molecule has 0 bridgehead atoms. The van der Waals surface area contributed by atoms with E-state index >= 15 is 0 Å². The van der Waals surface area contributed by atoms with Crippen LogP contribution in [-0.4, -0.2) is 18.5 Å². The van der Waals surface area contributed by atoms with Crippen LogP contribution < -0.4 is 11.1 Å². The highest BCUT2D eigenvalue weighted by Gasteiger charge is 2.29. The number of nitrogens with two attached hydrogens (primary N) is 1. The van der Waals surface area contributed by atoms with E-state index in [1.54, 1.807) is 0 Å². The molecule has 1 aliphatic carbocycles. The monoisotopic (exact) mass is 254 g/mol. The van der Waals surface area contributed by atoms with Gasteiger partial charge in [0.05, 0.1) is 6.54 Å². The van der Waals surface area contributed by atoms with Gasteiger partial charge in [-0.2, -0.15) is 0 Å². The van der Waals surface area contributed by atoms with Crippen LogP contribution in [0.1, 0.15) is 30.7 Å². The van der Waals surface area contributed by atoms with E-state index in [-0.39, 0.29) is 30.9 Å². The summed E-state index contributed by atoms with van der Waals surface area (Å²) in [5.74, 6) is 0.407. The van der Waals surface area contributed by atoms with Crippen molar-refractivity contribution < 1.29 is 4.79 Å². The molecule has 2 rings (SSSR count). The first kappa shape index (κ1) is 14.0. The molecule has 1 saturated carbocycles. The van der Waals surface area contributed by atoms with Gasteiger partial charge in [-0.05, 0) is 18.4 Å². The number of nitrogens with one attached hydrogen (secondary N) is 1. The van der Waals surface area contributed by atoms with Crippen molar-refractivity contribution in [3.8, 4) is 0 Å². The summed E-state index contributed by atoms with van der Waals surface area (Å²) in [6.45, 7) is 0.0814. The summed E-state index contributed by atoms with van der Waals surface area (Å²) in [5.41, 5.74) is 6.64. The van der Waals surface area contributed by atoms with Crippen molar-refractivity contribution in [2.75, 3.05) is 6.54 Å². The zero-order valence-electron chi connectivity index (χ0n) is 9.76. The molecule has 3 nitrogen and oxygen atoms in total. The maximum absolute atomic E-state index is 11.3. The number of hydrogen-bond acceptors (Lipinski definition) is 2. The van der Waals surface area contributed by atoms with E-state index < -0.39 is 0 Å². The molecule has 1 amide bonds. The summed E-state index contributed by atoms with van der Waals surface area (Å²) < 4.78 is 0. The highest BCUT2D eigenvalue weighted by atomic mass is 35.5. The number of rotatable bonds is 3. The van der Waals surface area contributed by atoms with Crippen LogP contribution in [0, 0.1) is 0 Å². The lowest BCUT2D eigenvalue weighted by Crippen LogP contribution is -2.39. The Bertz CT molecular complexity index is 356. The molecule has 0 saturated heterocycles. The van der Waals surface area contributed by atoms with Gasteiger partial charge in [-0.3, -0.25) is 4.79 Å². The third kappa shape index (κ3) is 3.45. The van der Waals surface area contributed by atoms with Crippen molar-refractivity contribution in [1.82, 2.24) is 5.32 Å². The molecule has 94 valence electrons. The topological polar surface area (TPSA) is 55.1 Å². The van der Waals surface area contributed by atoms with Crippen LogP contribution in [0.3, 0.4) is 0 Å². The molecule has 1 aromatic carbocycles. The Morgan fingerprint density at radius 1 is 1.29 bits per heavy atom. The Labute approximate surface area is 108 Å². The number of hydrogen-bond donors (Lipinski definition) is 2. The van der Waals surface area contributed by atoms with Gasteiger partial charge in [0.15, 0.2) is 0 Å². The first-order valence-corrected chi connectivity index (χ1v) is 5.85. The lowest BCUT2D eigenvalue weighted by atomic mass is 9.94. The molecule has 0 spiro atoms. The molecule has 2 unspecified atom stereocenters. The van der Waals surface area contributed by atoms with Gasteiger partial charge in [0.2, 0.25) is 5.91 Å². The molecule has 1 fully saturated rings. The van der Waals surface area contributed by atoms with Gasteiger partial charge >= 0.3 is 0 Å². The van der Waals surface area contributed by atoms with Crippen molar-refractivity contribution in [2.24, 2.45) is 5.73 Å². The SMILES string of the molecule is Cl.NCC(=O)NC1CCCC1c1ccccc1. The zero-order chi connectivity index (χ0) is 11.4. The summed E-state index contributed by atoms with van der Waals surface area (Å²) in [4.78, 5) is 11.3. The van der Waals surface area contributed by atoms with Gasteiger partial charge in [-0.25, -0.2) is 0 Å². The van der Waals surface area contributed by atoms with E-state index in [9.17, 15) is 4.79 Å². The highest BCUT2D eigenvalue weighted by molar-refractivity contribution is 5.85. The fourth-order valence-corrected chi connectivity index (χ4v) is 2.50. The fraction of sp³-hybridized carbons (Fsp3) is 0.462. The van der Waals surface area contributed by atoms with E-state index in [1.807, 2.05) is 6.07 Å². The van der Waals surface area contributed by atoms with Crippen molar-refractivity contribution in [1.29, 1.82) is 0 Å². The van der Waals surface area contributed by atoms with Crippen LogP contribution >= 0.6 is 12.4 Å². The second-order valence-corrected chi connectivity index (χ2v) is 4.33. The molecular weight excluding hydrogens is 236 g/mol. The van der Waals surface area contributed by atoms with Gasteiger partial charge in [-0.1, -0.05) is 36.8 Å². The predicted molar refractivity (Wildman–Crippen MR) is 71.3 cm³/mol. The zero-order valence-corrected chi connectivity index (χ0v) is 10.6. The van der Waals surface area contributed by atoms with Crippen molar-refractivity contribution in [2.45, 2.75) is 31.2 Å². The Morgan fingerprint density at radius 2 is 2.00 bits per heavy atom. The smallest absolute Gasteiger partial charge is 0.233 e. The Balaban J connectivity index is 0.00000144. The van der Waals surface area contributed by atoms with Crippen LogP contribution in [0.5, 0.6) is 0 Å². The van der Waals surface area contributed by atoms with Gasteiger partial charge in [-0.15, -0.1) is 12.4 Å². The molecule has 0 heterocycles. The summed E-state index contributed by atoms with van der Waals surface area (Å²) in [7, 11) is 0. The number of carbonyl (C=O) groups excluding carboxylic acids is 1. The number of amides is 1. The van der Waals surface area contributed by atoms with Crippen molar-refractivity contribution in [3.05, 3.63) is 35.9 Å². The number of benzene rings is 1. The van der Waals surface area contributed by atoms with Crippen LogP contribution in [0.2, 0.25) is 0 Å². The van der Waals surface area contributed by atoms with Gasteiger partial charge in [0.1, 0.15) is 0 Å². The highest BCUT2D eigenvalue weighted by Crippen LogP contribution is 2.34. The standard InChI is InChI=1S/C13H18N2O.ClH/c14-9-13(16)15-12-8-4-7-11(12)10-5-2-1-3-6-10;/h1-3,5-6,11-12H,4,7-9,14H2,(H,15,16);1H. The molecule has 4 heteroatoms. The Kier molecular flexibility index (Phi) is 5.45. The molecule has 0 aromatic heterocycles. The lowest BCUT2D eigenvalue weighted by Gasteiger charge is -2.21. The average Bonchev–Trinajstić information content (AvgIpc) is 2.78. The van der Waals surface area contributed by atoms with Gasteiger partial charge < -0.3 is 11.1 Å². The second kappa shape index (κ2) is 6.62. The third-order valence-electron chi connectivity index (χ3n) is 3.28. The van der Waals surface area contributed by atoms with Crippen LogP contribution in [0.15, 0.2) is 30.3 Å². The second-order valence-electron chi connectivity index (χ2n) is 4.33. The molecular formula is C13H19ClN2O. The van der Waals surface area contributed by atoms with Crippen LogP contribution in [-0.2, 0) is 4.79 Å². The first-order valence-electron chi connectivity index (χ1n) is 5.85. The van der Waals surface area contributed by atoms with E-state index in [1.165, 1.54) is 12.0 Å². The first-order chi connectivity index (χ1) is 7.81. The van der Waals surface area contributed by atoms with Gasteiger partial charge in [0.25, 0.3) is 0 Å². The molecule has 2 atom stereocenters. The van der Waals surface area contributed by atoms with Crippen molar-refractivity contribution in [3.63, 3.8) is 0 Å². The Morgan fingerprint density at radius 3 is 2.65 bits per heavy atom. The average molecular weight is 255 g/mol. The van der Waals surface area contributed by atoms with Crippen LogP contribution in [0.4, 0.5) is 0 Å². The minimum Gasteiger partial charge on any atom is -0.352 e. The molecule has 1 aliphatic rings. The number of carbonyl (C=O) groups is 1. The molecule has 3 N–H and O–H groups in total. The Hall–Kier alpha value is -1.06. The summed E-state index contributed by atoms with van der Waals surface area (Å²) in [6.07, 6.45) is 3.39. The van der Waals surface area contributed by atoms with E-state index in [2.05, 4.69) is 29.6 Å². The van der Waals surface area contributed by atoms with Gasteiger partial charge in [0, 0.05) is 12.0 Å². The normalized spacial score (nSPS) is 22.9. The molecule has 0 radical (unpaired) electrons. The summed E-state index contributed by atoms with van der Waals surface area (Å²) in [6, 6.07) is 10.7. The van der Waals surface area contributed by atoms with Crippen molar-refractivity contribution >= 4 is 18.3 Å². The maximum Gasteiger partial charge on any atom is 0.233 e. The number of halogens is 1. The molecule has 1 aromatic rings. The quantitative estimate of drug-likeness (QED) is 0.865. The third-order valence-corrected chi connectivity index (χ3v) is 3.28. The molecule has 0 aliphatic heterocycles. The van der Waals surface area contributed by atoms with Crippen LogP contribution in [0.25, 0.3) is 0 Å². The molecule has 17 heavy (non-hydrogen) atoms. The maximum atomic E-state index is 11.3. The summed E-state index contributed by atoms with van der Waals surface area (Å²) >= 11 is 0. The largest absolute Gasteiger partial charge is 0.352 e. The minimum atomic E-state index is -0.0483. The van der Waals surface area contributed by atoms with E-state index in [4.69, 9.17) is 5.73 Å². The predicted octanol–water partition coefficient (Wildman–Crippen LogP) is 1.82. The minimum absolute atomic E-state index is 0.